The molecular weight excluding hydrogens is 341 g/mol. The molecule has 134 valence electrons. The standard InChI is InChI=1S/C15H15F3N4O3/c1-9(5-19-8-23)10(2)14-22-21-13(25-14)7-24-11-3-4-12(20-6-11)15(16,17)18/h3-4,6,8H,5,7H2,1-2H3,(H,19,23)/b10-9-. The van der Waals surface area contributed by atoms with Gasteiger partial charge in [0, 0.05) is 12.1 Å². The lowest BCUT2D eigenvalue weighted by Crippen LogP contribution is -2.13. The Morgan fingerprint density at radius 3 is 2.68 bits per heavy atom. The monoisotopic (exact) mass is 356 g/mol. The number of pyridine rings is 1. The third-order valence-electron chi connectivity index (χ3n) is 3.27. The Balaban J connectivity index is 1.98. The van der Waals surface area contributed by atoms with Crippen LogP contribution in [-0.2, 0) is 17.6 Å². The first-order chi connectivity index (χ1) is 11.8. The average molecular weight is 356 g/mol. The number of hydrogen-bond acceptors (Lipinski definition) is 6. The number of ether oxygens (including phenoxy) is 1. The van der Waals surface area contributed by atoms with Crippen LogP contribution >= 0.6 is 0 Å². The van der Waals surface area contributed by atoms with Gasteiger partial charge in [0.25, 0.3) is 5.89 Å². The molecule has 1 amide bonds. The van der Waals surface area contributed by atoms with Gasteiger partial charge in [-0.3, -0.25) is 4.79 Å². The van der Waals surface area contributed by atoms with Gasteiger partial charge in [-0.25, -0.2) is 4.98 Å². The molecule has 2 heterocycles. The maximum Gasteiger partial charge on any atom is 0.433 e. The minimum atomic E-state index is -4.50. The van der Waals surface area contributed by atoms with E-state index < -0.39 is 11.9 Å². The fraction of sp³-hybridized carbons (Fsp3) is 0.333. The number of hydrogen-bond donors (Lipinski definition) is 1. The summed E-state index contributed by atoms with van der Waals surface area (Å²) in [4.78, 5) is 13.6. The van der Waals surface area contributed by atoms with E-state index in [9.17, 15) is 18.0 Å². The Labute approximate surface area is 140 Å². The van der Waals surface area contributed by atoms with Gasteiger partial charge < -0.3 is 14.5 Å². The summed E-state index contributed by atoms with van der Waals surface area (Å²) in [5.74, 6) is 0.575. The number of nitrogens with one attached hydrogen (secondary N) is 1. The molecule has 2 rings (SSSR count). The lowest BCUT2D eigenvalue weighted by Gasteiger charge is -2.07. The SMILES string of the molecule is C/C(CNC=O)=C(\C)c1nnc(COc2ccc(C(F)(F)F)nc2)o1. The molecule has 0 atom stereocenters. The highest BCUT2D eigenvalue weighted by Gasteiger charge is 2.32. The molecule has 0 saturated carbocycles. The lowest BCUT2D eigenvalue weighted by molar-refractivity contribution is -0.141. The molecule has 10 heteroatoms. The van der Waals surface area contributed by atoms with Gasteiger partial charge in [-0.15, -0.1) is 10.2 Å². The van der Waals surface area contributed by atoms with Crippen molar-refractivity contribution in [1.82, 2.24) is 20.5 Å². The second kappa shape index (κ2) is 7.77. The highest BCUT2D eigenvalue weighted by atomic mass is 19.4. The topological polar surface area (TPSA) is 90.1 Å². The smallest absolute Gasteiger partial charge is 0.433 e. The van der Waals surface area contributed by atoms with Crippen LogP contribution in [0.25, 0.3) is 5.57 Å². The summed E-state index contributed by atoms with van der Waals surface area (Å²) < 4.78 is 48.0. The molecule has 2 aromatic heterocycles. The van der Waals surface area contributed by atoms with Crippen molar-refractivity contribution in [3.63, 3.8) is 0 Å². The number of carbonyl (C=O) groups is 1. The molecule has 0 aromatic carbocycles. The minimum absolute atomic E-state index is 0.112. The summed E-state index contributed by atoms with van der Waals surface area (Å²) in [5, 5.41) is 10.2. The Morgan fingerprint density at radius 2 is 2.08 bits per heavy atom. The van der Waals surface area contributed by atoms with Crippen LogP contribution in [0.3, 0.4) is 0 Å². The largest absolute Gasteiger partial charge is 0.482 e. The van der Waals surface area contributed by atoms with Crippen LogP contribution in [0.15, 0.2) is 28.3 Å². The molecule has 0 unspecified atom stereocenters. The van der Waals surface area contributed by atoms with Crippen LogP contribution in [0.1, 0.15) is 31.3 Å². The maximum atomic E-state index is 12.4. The molecule has 0 saturated heterocycles. The van der Waals surface area contributed by atoms with Crippen molar-refractivity contribution in [2.75, 3.05) is 6.54 Å². The van der Waals surface area contributed by atoms with E-state index in [0.717, 1.165) is 23.9 Å². The number of amides is 1. The summed E-state index contributed by atoms with van der Waals surface area (Å²) in [6.45, 7) is 3.81. The molecule has 0 radical (unpaired) electrons. The van der Waals surface area contributed by atoms with E-state index in [4.69, 9.17) is 9.15 Å². The zero-order valence-electron chi connectivity index (χ0n) is 13.4. The Kier molecular flexibility index (Phi) is 5.73. The van der Waals surface area contributed by atoms with Crippen LogP contribution in [0, 0.1) is 0 Å². The number of halogens is 3. The van der Waals surface area contributed by atoms with E-state index >= 15 is 0 Å². The molecule has 1 N–H and O–H groups in total. The number of carbonyl (C=O) groups excluding carboxylic acids is 1. The highest BCUT2D eigenvalue weighted by Crippen LogP contribution is 2.28. The first-order valence-corrected chi connectivity index (χ1v) is 7.13. The fourth-order valence-electron chi connectivity index (χ4n) is 1.75. The van der Waals surface area contributed by atoms with Gasteiger partial charge in [0.1, 0.15) is 11.4 Å². The van der Waals surface area contributed by atoms with Gasteiger partial charge in [-0.1, -0.05) is 0 Å². The van der Waals surface area contributed by atoms with Crippen molar-refractivity contribution >= 4 is 12.0 Å². The number of aromatic nitrogens is 3. The molecule has 7 nitrogen and oxygen atoms in total. The summed E-state index contributed by atoms with van der Waals surface area (Å²) >= 11 is 0. The van der Waals surface area contributed by atoms with Crippen molar-refractivity contribution in [3.8, 4) is 5.75 Å². The summed E-state index contributed by atoms with van der Waals surface area (Å²) in [7, 11) is 0. The Hall–Kier alpha value is -2.91. The van der Waals surface area contributed by atoms with Crippen molar-refractivity contribution in [2.45, 2.75) is 26.6 Å². The Bertz CT molecular complexity index is 754. The molecule has 25 heavy (non-hydrogen) atoms. The van der Waals surface area contributed by atoms with Gasteiger partial charge in [0.2, 0.25) is 12.3 Å². The van der Waals surface area contributed by atoms with Crippen LogP contribution in [0.5, 0.6) is 5.75 Å². The summed E-state index contributed by atoms with van der Waals surface area (Å²) in [6, 6.07) is 1.98. The number of alkyl halides is 3. The van der Waals surface area contributed by atoms with Crippen molar-refractivity contribution < 1.29 is 27.1 Å². The molecule has 0 spiro atoms. The predicted octanol–water partition coefficient (Wildman–Crippen LogP) is 2.60. The number of rotatable bonds is 7. The van der Waals surface area contributed by atoms with E-state index in [-0.39, 0.29) is 24.1 Å². The van der Waals surface area contributed by atoms with E-state index in [1.165, 1.54) is 0 Å². The highest BCUT2D eigenvalue weighted by molar-refractivity contribution is 5.60. The van der Waals surface area contributed by atoms with E-state index in [2.05, 4.69) is 20.5 Å². The van der Waals surface area contributed by atoms with Crippen LogP contribution in [0.2, 0.25) is 0 Å². The number of nitrogens with zero attached hydrogens (tertiary/aromatic N) is 3. The zero-order valence-corrected chi connectivity index (χ0v) is 13.4. The molecule has 0 fully saturated rings. The van der Waals surface area contributed by atoms with E-state index in [1.807, 2.05) is 0 Å². The Morgan fingerprint density at radius 1 is 1.32 bits per heavy atom. The van der Waals surface area contributed by atoms with Crippen molar-refractivity contribution in [2.24, 2.45) is 0 Å². The van der Waals surface area contributed by atoms with Crippen LogP contribution < -0.4 is 10.1 Å². The van der Waals surface area contributed by atoms with Gasteiger partial charge >= 0.3 is 6.18 Å². The molecule has 0 aliphatic carbocycles. The summed E-state index contributed by atoms with van der Waals surface area (Å²) in [5.41, 5.74) is 0.555. The van der Waals surface area contributed by atoms with Gasteiger partial charge in [0.05, 0.1) is 6.20 Å². The van der Waals surface area contributed by atoms with E-state index in [0.29, 0.717) is 18.5 Å². The third-order valence-corrected chi connectivity index (χ3v) is 3.27. The van der Waals surface area contributed by atoms with Crippen LogP contribution in [0.4, 0.5) is 13.2 Å². The predicted molar refractivity (Wildman–Crippen MR) is 80.2 cm³/mol. The van der Waals surface area contributed by atoms with Gasteiger partial charge in [-0.2, -0.15) is 13.2 Å². The quantitative estimate of drug-likeness (QED) is 0.767. The minimum Gasteiger partial charge on any atom is -0.482 e. The van der Waals surface area contributed by atoms with Crippen molar-refractivity contribution in [3.05, 3.63) is 41.4 Å². The first kappa shape index (κ1) is 18.4. The fourth-order valence-corrected chi connectivity index (χ4v) is 1.75. The van der Waals surface area contributed by atoms with Crippen LogP contribution in [-0.4, -0.2) is 28.1 Å². The molecule has 0 bridgehead atoms. The van der Waals surface area contributed by atoms with E-state index in [1.54, 1.807) is 13.8 Å². The molecule has 2 aromatic rings. The van der Waals surface area contributed by atoms with Gasteiger partial charge in [-0.05, 0) is 31.6 Å². The third kappa shape index (κ3) is 5.03. The lowest BCUT2D eigenvalue weighted by atomic mass is 10.1. The number of allylic oxidation sites excluding steroid dienone is 1. The second-order valence-corrected chi connectivity index (χ2v) is 5.07. The normalized spacial score (nSPS) is 12.5. The first-order valence-electron chi connectivity index (χ1n) is 7.13. The van der Waals surface area contributed by atoms with Gasteiger partial charge in [0.15, 0.2) is 6.61 Å². The zero-order chi connectivity index (χ0) is 18.4. The molecule has 0 aliphatic rings. The summed E-state index contributed by atoms with van der Waals surface area (Å²) in [6.07, 6.45) is -2.94. The second-order valence-electron chi connectivity index (χ2n) is 5.07. The average Bonchev–Trinajstić information content (AvgIpc) is 3.05. The molecule has 0 aliphatic heterocycles. The maximum absolute atomic E-state index is 12.4. The van der Waals surface area contributed by atoms with Crippen molar-refractivity contribution in [1.29, 1.82) is 0 Å². The molecular formula is C15H15F3N4O3.